The zero-order valence-corrected chi connectivity index (χ0v) is 15.4. The third-order valence-corrected chi connectivity index (χ3v) is 6.43. The molecule has 1 aromatic heterocycles. The largest absolute Gasteiger partial charge is 0.381 e. The highest BCUT2D eigenvalue weighted by Crippen LogP contribution is 2.43. The van der Waals surface area contributed by atoms with E-state index in [-0.39, 0.29) is 5.41 Å². The Labute approximate surface area is 153 Å². The van der Waals surface area contributed by atoms with Crippen molar-refractivity contribution in [3.05, 3.63) is 18.2 Å². The molecule has 26 heavy (non-hydrogen) atoms. The van der Waals surface area contributed by atoms with E-state index in [4.69, 9.17) is 4.74 Å². The van der Waals surface area contributed by atoms with Crippen LogP contribution in [0.4, 0.5) is 10.3 Å². The molecule has 0 N–H and O–H groups in total. The SMILES string of the molecule is COC1CCC(N2CC[C@]3(CCCN(c4ncc(F)cn4)C3)C2=O)CC1. The summed E-state index contributed by atoms with van der Waals surface area (Å²) in [6.45, 7) is 2.31. The summed E-state index contributed by atoms with van der Waals surface area (Å²) >= 11 is 0. The van der Waals surface area contributed by atoms with Gasteiger partial charge in [0, 0.05) is 32.8 Å². The van der Waals surface area contributed by atoms with Crippen LogP contribution in [0.25, 0.3) is 0 Å². The fraction of sp³-hybridized carbons (Fsp3) is 0.737. The van der Waals surface area contributed by atoms with E-state index in [9.17, 15) is 9.18 Å². The van der Waals surface area contributed by atoms with Gasteiger partial charge in [-0.2, -0.15) is 0 Å². The van der Waals surface area contributed by atoms with Crippen molar-refractivity contribution >= 4 is 11.9 Å². The minimum Gasteiger partial charge on any atom is -0.381 e. The third-order valence-electron chi connectivity index (χ3n) is 6.43. The Morgan fingerprint density at radius 3 is 2.58 bits per heavy atom. The van der Waals surface area contributed by atoms with Crippen LogP contribution in [0.3, 0.4) is 0 Å². The lowest BCUT2D eigenvalue weighted by atomic mass is 9.78. The molecular formula is C19H27FN4O2. The van der Waals surface area contributed by atoms with Crippen molar-refractivity contribution in [3.8, 4) is 0 Å². The van der Waals surface area contributed by atoms with Gasteiger partial charge in [0.05, 0.1) is 23.9 Å². The number of hydrogen-bond acceptors (Lipinski definition) is 5. The van der Waals surface area contributed by atoms with Crippen LogP contribution in [0.1, 0.15) is 44.9 Å². The first-order chi connectivity index (χ1) is 12.6. The molecule has 1 aliphatic carbocycles. The molecule has 7 heteroatoms. The smallest absolute Gasteiger partial charge is 0.230 e. The van der Waals surface area contributed by atoms with Gasteiger partial charge >= 0.3 is 0 Å². The van der Waals surface area contributed by atoms with Crippen LogP contribution in [0.2, 0.25) is 0 Å². The molecule has 3 fully saturated rings. The molecule has 0 unspecified atom stereocenters. The van der Waals surface area contributed by atoms with E-state index in [1.54, 1.807) is 7.11 Å². The van der Waals surface area contributed by atoms with Gasteiger partial charge in [0.15, 0.2) is 5.82 Å². The number of piperidine rings is 1. The predicted molar refractivity (Wildman–Crippen MR) is 95.3 cm³/mol. The molecule has 1 saturated carbocycles. The molecule has 0 bridgehead atoms. The molecule has 2 saturated heterocycles. The minimum atomic E-state index is -0.435. The highest BCUT2D eigenvalue weighted by molar-refractivity contribution is 5.86. The molecule has 0 aromatic carbocycles. The second-order valence-electron chi connectivity index (χ2n) is 7.92. The number of methoxy groups -OCH3 is 1. The van der Waals surface area contributed by atoms with Crippen LogP contribution in [0, 0.1) is 11.2 Å². The highest BCUT2D eigenvalue weighted by Gasteiger charge is 2.51. The van der Waals surface area contributed by atoms with Crippen molar-refractivity contribution in [1.29, 1.82) is 0 Å². The first kappa shape index (κ1) is 17.6. The number of halogens is 1. The fourth-order valence-corrected chi connectivity index (χ4v) is 4.94. The number of aromatic nitrogens is 2. The zero-order chi connectivity index (χ0) is 18.1. The van der Waals surface area contributed by atoms with E-state index in [2.05, 4.69) is 14.9 Å². The maximum Gasteiger partial charge on any atom is 0.230 e. The summed E-state index contributed by atoms with van der Waals surface area (Å²) in [5, 5.41) is 0. The molecule has 1 spiro atoms. The quantitative estimate of drug-likeness (QED) is 0.826. The Hall–Kier alpha value is -1.76. The number of hydrogen-bond donors (Lipinski definition) is 0. The number of carbonyl (C=O) groups is 1. The standard InChI is InChI=1S/C19H27FN4O2/c1-26-16-5-3-15(4-6-16)24-10-8-19(17(24)25)7-2-9-23(13-19)18-21-11-14(20)12-22-18/h11-12,15-16H,2-10,13H2,1H3/t15?,16?,19-/m0/s1. The second-order valence-corrected chi connectivity index (χ2v) is 7.92. The fourth-order valence-electron chi connectivity index (χ4n) is 4.94. The molecule has 3 aliphatic rings. The van der Waals surface area contributed by atoms with E-state index in [0.717, 1.165) is 58.0 Å². The van der Waals surface area contributed by atoms with Crippen molar-refractivity contribution in [2.75, 3.05) is 31.6 Å². The molecule has 142 valence electrons. The van der Waals surface area contributed by atoms with Crippen molar-refractivity contribution in [3.63, 3.8) is 0 Å². The number of rotatable bonds is 3. The summed E-state index contributed by atoms with van der Waals surface area (Å²) in [6.07, 6.45) is 9.63. The lowest BCUT2D eigenvalue weighted by Crippen LogP contribution is -2.50. The Morgan fingerprint density at radius 2 is 1.88 bits per heavy atom. The monoisotopic (exact) mass is 362 g/mol. The average molecular weight is 362 g/mol. The summed E-state index contributed by atoms with van der Waals surface area (Å²) < 4.78 is 18.6. The number of likely N-dealkylation sites (tertiary alicyclic amines) is 1. The van der Waals surface area contributed by atoms with Gasteiger partial charge in [-0.1, -0.05) is 0 Å². The molecule has 6 nitrogen and oxygen atoms in total. The molecule has 1 atom stereocenters. The summed E-state index contributed by atoms with van der Waals surface area (Å²) in [5.41, 5.74) is -0.325. The van der Waals surface area contributed by atoms with Crippen molar-refractivity contribution in [1.82, 2.24) is 14.9 Å². The highest BCUT2D eigenvalue weighted by atomic mass is 19.1. The van der Waals surface area contributed by atoms with Crippen LogP contribution in [0.5, 0.6) is 0 Å². The van der Waals surface area contributed by atoms with Gasteiger partial charge in [-0.3, -0.25) is 4.79 Å². The van der Waals surface area contributed by atoms with E-state index >= 15 is 0 Å². The molecule has 2 aliphatic heterocycles. The van der Waals surface area contributed by atoms with Gasteiger partial charge < -0.3 is 14.5 Å². The van der Waals surface area contributed by atoms with E-state index in [1.165, 1.54) is 12.4 Å². The van der Waals surface area contributed by atoms with Gasteiger partial charge in [0.25, 0.3) is 0 Å². The van der Waals surface area contributed by atoms with Gasteiger partial charge in [-0.25, -0.2) is 14.4 Å². The number of carbonyl (C=O) groups excluding carboxylic acids is 1. The maximum atomic E-state index is 13.3. The summed E-state index contributed by atoms with van der Waals surface area (Å²) in [6, 6.07) is 0.353. The van der Waals surface area contributed by atoms with E-state index in [1.807, 2.05) is 4.90 Å². The van der Waals surface area contributed by atoms with Gasteiger partial charge in [-0.15, -0.1) is 0 Å². The number of anilines is 1. The zero-order valence-electron chi connectivity index (χ0n) is 15.4. The molecule has 3 heterocycles. The van der Waals surface area contributed by atoms with E-state index < -0.39 is 5.82 Å². The van der Waals surface area contributed by atoms with Crippen LogP contribution >= 0.6 is 0 Å². The first-order valence-corrected chi connectivity index (χ1v) is 9.68. The molecular weight excluding hydrogens is 335 g/mol. The van der Waals surface area contributed by atoms with Crippen LogP contribution < -0.4 is 4.90 Å². The normalized spacial score (nSPS) is 32.5. The second kappa shape index (κ2) is 7.10. The molecule has 1 aromatic rings. The average Bonchev–Trinajstić information content (AvgIpc) is 2.98. The molecule has 0 radical (unpaired) electrons. The van der Waals surface area contributed by atoms with Crippen molar-refractivity contribution in [2.45, 2.75) is 57.1 Å². The summed E-state index contributed by atoms with van der Waals surface area (Å²) in [5.74, 6) is 0.387. The van der Waals surface area contributed by atoms with Gasteiger partial charge in [0.1, 0.15) is 0 Å². The summed E-state index contributed by atoms with van der Waals surface area (Å²) in [7, 11) is 1.77. The lowest BCUT2D eigenvalue weighted by Gasteiger charge is -2.40. The van der Waals surface area contributed by atoms with Crippen LogP contribution in [-0.4, -0.2) is 59.7 Å². The maximum absolute atomic E-state index is 13.3. The Kier molecular flexibility index (Phi) is 4.82. The number of amides is 1. The Morgan fingerprint density at radius 1 is 1.15 bits per heavy atom. The Balaban J connectivity index is 1.45. The van der Waals surface area contributed by atoms with Gasteiger partial charge in [0.2, 0.25) is 11.9 Å². The van der Waals surface area contributed by atoms with E-state index in [0.29, 0.717) is 30.5 Å². The number of nitrogens with zero attached hydrogens (tertiary/aromatic N) is 4. The van der Waals surface area contributed by atoms with Crippen molar-refractivity contribution < 1.29 is 13.9 Å². The number of ether oxygens (including phenoxy) is 1. The minimum absolute atomic E-state index is 0.296. The Bertz CT molecular complexity index is 647. The predicted octanol–water partition coefficient (Wildman–Crippen LogP) is 2.39. The molecule has 1 amide bonds. The van der Waals surface area contributed by atoms with Gasteiger partial charge in [-0.05, 0) is 44.9 Å². The first-order valence-electron chi connectivity index (χ1n) is 9.68. The van der Waals surface area contributed by atoms with Crippen LogP contribution in [-0.2, 0) is 9.53 Å². The topological polar surface area (TPSA) is 58.6 Å². The lowest BCUT2D eigenvalue weighted by molar-refractivity contribution is -0.139. The van der Waals surface area contributed by atoms with Crippen LogP contribution in [0.15, 0.2) is 12.4 Å². The summed E-state index contributed by atoms with van der Waals surface area (Å²) in [4.78, 5) is 25.7. The van der Waals surface area contributed by atoms with Crippen molar-refractivity contribution in [2.24, 2.45) is 5.41 Å². The molecule has 4 rings (SSSR count). The third kappa shape index (κ3) is 3.17.